The highest BCUT2D eigenvalue weighted by Crippen LogP contribution is 2.63. The molecule has 2 atom stereocenters. The van der Waals surface area contributed by atoms with Gasteiger partial charge in [-0.25, -0.2) is 0 Å². The fraction of sp³-hybridized carbons (Fsp3) is 0.900. The predicted octanol–water partition coefficient (Wildman–Crippen LogP) is 2.40. The van der Waals surface area contributed by atoms with E-state index < -0.39 is 0 Å². The van der Waals surface area contributed by atoms with Crippen LogP contribution >= 0.6 is 0 Å². The molecule has 0 aromatic rings. The quantitative estimate of drug-likeness (QED) is 0.521. The zero-order valence-corrected chi connectivity index (χ0v) is 7.61. The van der Waals surface area contributed by atoms with E-state index in [2.05, 4.69) is 20.8 Å². The molecule has 2 aliphatic rings. The minimum atomic E-state index is 0.0255. The summed E-state index contributed by atoms with van der Waals surface area (Å²) in [5.74, 6) is 1.19. The maximum absolute atomic E-state index is 11.6. The number of rotatable bonds is 0. The van der Waals surface area contributed by atoms with Gasteiger partial charge in [0.05, 0.1) is 0 Å². The first-order valence-electron chi connectivity index (χ1n) is 4.52. The summed E-state index contributed by atoms with van der Waals surface area (Å²) < 4.78 is 0. The van der Waals surface area contributed by atoms with Crippen molar-refractivity contribution in [1.82, 2.24) is 0 Å². The van der Waals surface area contributed by atoms with Crippen LogP contribution in [0, 0.1) is 16.7 Å². The predicted molar refractivity (Wildman–Crippen MR) is 44.2 cm³/mol. The molecule has 2 saturated carbocycles. The number of Topliss-reactive ketones (excluding diaryl/α,β-unsaturated/α-hetero) is 1. The zero-order valence-electron chi connectivity index (χ0n) is 7.61. The van der Waals surface area contributed by atoms with E-state index in [1.807, 2.05) is 0 Å². The molecule has 0 radical (unpaired) electrons. The Morgan fingerprint density at radius 3 is 2.18 bits per heavy atom. The highest BCUT2D eigenvalue weighted by molar-refractivity contribution is 5.89. The smallest absolute Gasteiger partial charge is 0.139 e. The van der Waals surface area contributed by atoms with Gasteiger partial charge < -0.3 is 0 Å². The van der Waals surface area contributed by atoms with Crippen molar-refractivity contribution in [1.29, 1.82) is 0 Å². The van der Waals surface area contributed by atoms with E-state index in [0.29, 0.717) is 11.7 Å². The van der Waals surface area contributed by atoms with Crippen LogP contribution < -0.4 is 0 Å². The maximum Gasteiger partial charge on any atom is 0.139 e. The van der Waals surface area contributed by atoms with E-state index in [1.165, 1.54) is 6.42 Å². The first kappa shape index (κ1) is 7.33. The van der Waals surface area contributed by atoms with Crippen LogP contribution in [-0.2, 0) is 4.79 Å². The van der Waals surface area contributed by atoms with Gasteiger partial charge in [-0.2, -0.15) is 0 Å². The molecule has 0 spiro atoms. The van der Waals surface area contributed by atoms with Crippen molar-refractivity contribution in [3.05, 3.63) is 0 Å². The summed E-state index contributed by atoms with van der Waals surface area (Å²) in [6.07, 6.45) is 3.25. The van der Waals surface area contributed by atoms with Gasteiger partial charge in [-0.15, -0.1) is 0 Å². The summed E-state index contributed by atoms with van der Waals surface area (Å²) in [6.45, 7) is 6.67. The summed E-state index contributed by atoms with van der Waals surface area (Å²) >= 11 is 0. The van der Waals surface area contributed by atoms with E-state index in [1.54, 1.807) is 0 Å². The topological polar surface area (TPSA) is 17.1 Å². The lowest BCUT2D eigenvalue weighted by atomic mass is 9.70. The van der Waals surface area contributed by atoms with Crippen molar-refractivity contribution in [2.75, 3.05) is 0 Å². The highest BCUT2D eigenvalue weighted by atomic mass is 16.1. The highest BCUT2D eigenvalue weighted by Gasteiger charge is 2.61. The maximum atomic E-state index is 11.6. The largest absolute Gasteiger partial charge is 0.299 e. The van der Waals surface area contributed by atoms with Crippen molar-refractivity contribution < 1.29 is 4.79 Å². The Morgan fingerprint density at radius 1 is 1.36 bits per heavy atom. The third-order valence-corrected chi connectivity index (χ3v) is 4.48. The molecule has 1 heteroatoms. The van der Waals surface area contributed by atoms with E-state index >= 15 is 0 Å². The molecule has 0 amide bonds. The summed E-state index contributed by atoms with van der Waals surface area (Å²) in [5, 5.41) is 0. The van der Waals surface area contributed by atoms with Crippen molar-refractivity contribution in [3.8, 4) is 0 Å². The molecule has 1 nitrogen and oxygen atoms in total. The molecule has 0 heterocycles. The molecule has 0 N–H and O–H groups in total. The van der Waals surface area contributed by atoms with Crippen LogP contribution in [0.3, 0.4) is 0 Å². The van der Waals surface area contributed by atoms with E-state index in [9.17, 15) is 4.79 Å². The Hall–Kier alpha value is -0.330. The van der Waals surface area contributed by atoms with Crippen LogP contribution in [0.2, 0.25) is 0 Å². The molecule has 0 saturated heterocycles. The first-order valence-corrected chi connectivity index (χ1v) is 4.52. The number of carbonyl (C=O) groups excluding carboxylic acids is 1. The lowest BCUT2D eigenvalue weighted by Gasteiger charge is -2.32. The molecular weight excluding hydrogens is 136 g/mol. The lowest BCUT2D eigenvalue weighted by Crippen LogP contribution is -2.32. The number of hydrogen-bond acceptors (Lipinski definition) is 1. The van der Waals surface area contributed by atoms with Crippen molar-refractivity contribution >= 4 is 5.78 Å². The minimum absolute atomic E-state index is 0.0255. The molecule has 0 aliphatic heterocycles. The van der Waals surface area contributed by atoms with Gasteiger partial charge in [0.1, 0.15) is 5.78 Å². The monoisotopic (exact) mass is 152 g/mol. The van der Waals surface area contributed by atoms with Crippen molar-refractivity contribution in [3.63, 3.8) is 0 Å². The molecule has 2 rings (SSSR count). The van der Waals surface area contributed by atoms with Gasteiger partial charge in [-0.3, -0.25) is 4.79 Å². The SMILES string of the molecule is CC1(C)[C@H]2CC[C@@]1(C)C(=O)C2. The van der Waals surface area contributed by atoms with Gasteiger partial charge >= 0.3 is 0 Å². The lowest BCUT2D eigenvalue weighted by molar-refractivity contribution is -0.128. The third kappa shape index (κ3) is 0.605. The average Bonchev–Trinajstić information content (AvgIpc) is 2.20. The Labute approximate surface area is 68.2 Å². The average molecular weight is 152 g/mol. The molecule has 2 aliphatic carbocycles. The van der Waals surface area contributed by atoms with Crippen LogP contribution in [-0.4, -0.2) is 5.78 Å². The van der Waals surface area contributed by atoms with E-state index in [4.69, 9.17) is 0 Å². The van der Waals surface area contributed by atoms with Gasteiger partial charge in [0.25, 0.3) is 0 Å². The Kier molecular flexibility index (Phi) is 1.13. The standard InChI is InChI=1S/C10H16O/c1-9(2)7-4-5-10(9,3)8(11)6-7/h7H,4-6H2,1-3H3/t7-,10-/m0/s1. The molecule has 0 aromatic carbocycles. The Bertz CT molecular complexity index is 217. The number of hydrogen-bond donors (Lipinski definition) is 0. The fourth-order valence-electron chi connectivity index (χ4n) is 2.90. The molecule has 0 unspecified atom stereocenters. The van der Waals surface area contributed by atoms with E-state index in [-0.39, 0.29) is 10.8 Å². The van der Waals surface area contributed by atoms with Crippen LogP contribution in [0.5, 0.6) is 0 Å². The Morgan fingerprint density at radius 2 is 2.00 bits per heavy atom. The number of ketones is 1. The molecule has 2 bridgehead atoms. The van der Waals surface area contributed by atoms with Gasteiger partial charge in [-0.1, -0.05) is 20.8 Å². The van der Waals surface area contributed by atoms with Crippen LogP contribution in [0.1, 0.15) is 40.0 Å². The second-order valence-electron chi connectivity index (χ2n) is 4.92. The van der Waals surface area contributed by atoms with Gasteiger partial charge in [0.2, 0.25) is 0 Å². The summed E-state index contributed by atoms with van der Waals surface area (Å²) in [7, 11) is 0. The fourth-order valence-corrected chi connectivity index (χ4v) is 2.90. The van der Waals surface area contributed by atoms with Gasteiger partial charge in [0.15, 0.2) is 0 Å². The summed E-state index contributed by atoms with van der Waals surface area (Å²) in [4.78, 5) is 11.6. The second-order valence-corrected chi connectivity index (χ2v) is 4.92. The normalized spacial score (nSPS) is 46.8. The number of carbonyl (C=O) groups is 1. The number of fused-ring (bicyclic) bond motifs is 2. The molecule has 62 valence electrons. The van der Waals surface area contributed by atoms with Gasteiger partial charge in [0, 0.05) is 11.8 Å². The molecule has 2 fully saturated rings. The van der Waals surface area contributed by atoms with Crippen LogP contribution in [0.25, 0.3) is 0 Å². The second kappa shape index (κ2) is 1.70. The summed E-state index contributed by atoms with van der Waals surface area (Å²) in [6, 6.07) is 0. The third-order valence-electron chi connectivity index (χ3n) is 4.48. The van der Waals surface area contributed by atoms with Crippen molar-refractivity contribution in [2.24, 2.45) is 16.7 Å². The van der Waals surface area contributed by atoms with Gasteiger partial charge in [-0.05, 0) is 24.2 Å². The zero-order chi connectivity index (χ0) is 8.28. The summed E-state index contributed by atoms with van der Waals surface area (Å²) in [5.41, 5.74) is 0.307. The molecule has 11 heavy (non-hydrogen) atoms. The molecular formula is C10H16O. The van der Waals surface area contributed by atoms with Crippen LogP contribution in [0.15, 0.2) is 0 Å². The Balaban J connectivity index is 2.47. The first-order chi connectivity index (χ1) is 4.98. The van der Waals surface area contributed by atoms with E-state index in [0.717, 1.165) is 12.8 Å². The minimum Gasteiger partial charge on any atom is -0.299 e. The van der Waals surface area contributed by atoms with Crippen LogP contribution in [0.4, 0.5) is 0 Å². The van der Waals surface area contributed by atoms with Crippen molar-refractivity contribution in [2.45, 2.75) is 40.0 Å². The molecule has 0 aromatic heterocycles.